The first kappa shape index (κ1) is 33.2. The van der Waals surface area contributed by atoms with Crippen LogP contribution in [-0.4, -0.2) is 29.8 Å². The normalized spacial score (nSPS) is 11.6. The van der Waals surface area contributed by atoms with Crippen molar-refractivity contribution in [3.8, 4) is 5.75 Å². The minimum atomic E-state index is -0.698. The van der Waals surface area contributed by atoms with E-state index in [1.807, 2.05) is 36.4 Å². The second-order valence-electron chi connectivity index (χ2n) is 10.3. The van der Waals surface area contributed by atoms with Crippen molar-refractivity contribution >= 4 is 52.6 Å². The number of amides is 3. The van der Waals surface area contributed by atoms with Crippen molar-refractivity contribution in [1.82, 2.24) is 5.32 Å². The Morgan fingerprint density at radius 1 is 0.771 bits per heavy atom. The number of benzene rings is 5. The fourth-order valence-corrected chi connectivity index (χ4v) is 5.72. The lowest BCUT2D eigenvalue weighted by molar-refractivity contribution is -0.385. The topological polar surface area (TPSA) is 140 Å². The Morgan fingerprint density at radius 2 is 1.44 bits per heavy atom. The standard InChI is InChI=1S/C37H30N4O6S/c1-47-30-21-19-28(20-22-30)38-37(44)34(25-11-4-2-5-12-25)48-31-17-10-16-29(24-31)39-36(43)32(40-35(42)26-13-6-3-7-14-26)23-27-15-8-9-18-33(27)41(45)46/h2-24,34H,1H3,(H,38,44)(H,39,43)(H,40,42)/b32-23+. The Labute approximate surface area is 281 Å². The molecule has 3 amide bonds. The maximum Gasteiger partial charge on any atom is 0.276 e. The van der Waals surface area contributed by atoms with Gasteiger partial charge in [0.25, 0.3) is 17.5 Å². The van der Waals surface area contributed by atoms with E-state index >= 15 is 0 Å². The second-order valence-corrected chi connectivity index (χ2v) is 11.5. The van der Waals surface area contributed by atoms with Gasteiger partial charge in [-0.3, -0.25) is 24.5 Å². The van der Waals surface area contributed by atoms with E-state index in [1.165, 1.54) is 36.0 Å². The number of nitro groups is 1. The highest BCUT2D eigenvalue weighted by molar-refractivity contribution is 8.00. The summed E-state index contributed by atoms with van der Waals surface area (Å²) in [7, 11) is 1.57. The molecular weight excluding hydrogens is 628 g/mol. The maximum absolute atomic E-state index is 13.6. The van der Waals surface area contributed by atoms with Crippen LogP contribution in [0.5, 0.6) is 5.75 Å². The highest BCUT2D eigenvalue weighted by Gasteiger charge is 2.23. The van der Waals surface area contributed by atoms with Crippen LogP contribution in [0.1, 0.15) is 26.7 Å². The Bertz CT molecular complexity index is 1950. The number of hydrogen-bond donors (Lipinski definition) is 3. The predicted molar refractivity (Wildman–Crippen MR) is 187 cm³/mol. The van der Waals surface area contributed by atoms with Gasteiger partial charge in [0.1, 0.15) is 16.7 Å². The van der Waals surface area contributed by atoms with Gasteiger partial charge in [0.2, 0.25) is 5.91 Å². The Balaban J connectivity index is 1.40. The van der Waals surface area contributed by atoms with Gasteiger partial charge in [-0.1, -0.05) is 66.7 Å². The molecule has 0 radical (unpaired) electrons. The molecule has 0 saturated heterocycles. The van der Waals surface area contributed by atoms with Crippen molar-refractivity contribution in [3.05, 3.63) is 166 Å². The molecule has 240 valence electrons. The van der Waals surface area contributed by atoms with E-state index in [9.17, 15) is 24.5 Å². The average Bonchev–Trinajstić information content (AvgIpc) is 3.11. The first-order chi connectivity index (χ1) is 23.3. The number of methoxy groups -OCH3 is 1. The van der Waals surface area contributed by atoms with E-state index in [2.05, 4.69) is 16.0 Å². The summed E-state index contributed by atoms with van der Waals surface area (Å²) in [5.41, 5.74) is 1.79. The molecule has 5 aromatic rings. The number of thioether (sulfide) groups is 1. The molecule has 0 saturated carbocycles. The summed E-state index contributed by atoms with van der Waals surface area (Å²) in [6, 6.07) is 37.5. The second kappa shape index (κ2) is 15.9. The summed E-state index contributed by atoms with van der Waals surface area (Å²) in [6.45, 7) is 0. The van der Waals surface area contributed by atoms with Crippen LogP contribution in [0.4, 0.5) is 17.1 Å². The molecule has 0 aromatic heterocycles. The van der Waals surface area contributed by atoms with Gasteiger partial charge in [-0.2, -0.15) is 0 Å². The van der Waals surface area contributed by atoms with E-state index < -0.39 is 22.0 Å². The smallest absolute Gasteiger partial charge is 0.276 e. The van der Waals surface area contributed by atoms with Crippen LogP contribution in [0.25, 0.3) is 6.08 Å². The minimum absolute atomic E-state index is 0.138. The molecule has 1 atom stereocenters. The van der Waals surface area contributed by atoms with Crippen LogP contribution in [0.3, 0.4) is 0 Å². The van der Waals surface area contributed by atoms with Crippen LogP contribution in [-0.2, 0) is 9.59 Å². The zero-order valence-corrected chi connectivity index (χ0v) is 26.5. The monoisotopic (exact) mass is 658 g/mol. The van der Waals surface area contributed by atoms with Gasteiger partial charge in [0.05, 0.1) is 17.6 Å². The number of nitro benzene ring substituents is 1. The molecule has 5 rings (SSSR count). The molecule has 0 aliphatic heterocycles. The third-order valence-corrected chi connectivity index (χ3v) is 8.25. The summed E-state index contributed by atoms with van der Waals surface area (Å²) in [4.78, 5) is 52.0. The summed E-state index contributed by atoms with van der Waals surface area (Å²) in [5.74, 6) is -0.838. The maximum atomic E-state index is 13.6. The Kier molecular flexibility index (Phi) is 11.0. The van der Waals surface area contributed by atoms with E-state index in [0.29, 0.717) is 27.6 Å². The van der Waals surface area contributed by atoms with Crippen molar-refractivity contribution in [2.24, 2.45) is 0 Å². The fraction of sp³-hybridized carbons (Fsp3) is 0.0541. The number of nitrogens with zero attached hydrogens (tertiary/aromatic N) is 1. The lowest BCUT2D eigenvalue weighted by Crippen LogP contribution is -2.30. The van der Waals surface area contributed by atoms with Crippen LogP contribution in [0.2, 0.25) is 0 Å². The van der Waals surface area contributed by atoms with E-state index in [-0.39, 0.29) is 22.9 Å². The summed E-state index contributed by atoms with van der Waals surface area (Å²) < 4.78 is 5.21. The van der Waals surface area contributed by atoms with Crippen molar-refractivity contribution < 1.29 is 24.0 Å². The number of para-hydroxylation sites is 1. The first-order valence-corrected chi connectivity index (χ1v) is 15.6. The molecule has 0 spiro atoms. The molecule has 5 aromatic carbocycles. The molecule has 0 aliphatic carbocycles. The largest absolute Gasteiger partial charge is 0.497 e. The van der Waals surface area contributed by atoms with Gasteiger partial charge in [0, 0.05) is 27.9 Å². The lowest BCUT2D eigenvalue weighted by Gasteiger charge is -2.18. The van der Waals surface area contributed by atoms with Crippen molar-refractivity contribution in [2.45, 2.75) is 10.1 Å². The highest BCUT2D eigenvalue weighted by atomic mass is 32.2. The van der Waals surface area contributed by atoms with Crippen LogP contribution < -0.4 is 20.7 Å². The summed E-state index contributed by atoms with van der Waals surface area (Å²) in [6.07, 6.45) is 1.27. The summed E-state index contributed by atoms with van der Waals surface area (Å²) >= 11 is 1.29. The number of rotatable bonds is 12. The molecule has 48 heavy (non-hydrogen) atoms. The van der Waals surface area contributed by atoms with Gasteiger partial charge < -0.3 is 20.7 Å². The van der Waals surface area contributed by atoms with Gasteiger partial charge in [-0.15, -0.1) is 11.8 Å². The van der Waals surface area contributed by atoms with E-state index in [1.54, 1.807) is 86.0 Å². The number of anilines is 2. The number of hydrogen-bond acceptors (Lipinski definition) is 7. The summed E-state index contributed by atoms with van der Waals surface area (Å²) in [5, 5.41) is 19.4. The molecule has 0 fully saturated rings. The Morgan fingerprint density at radius 3 is 2.12 bits per heavy atom. The van der Waals surface area contributed by atoms with Gasteiger partial charge in [-0.05, 0) is 72.3 Å². The van der Waals surface area contributed by atoms with Crippen LogP contribution in [0, 0.1) is 10.1 Å². The van der Waals surface area contributed by atoms with Crippen LogP contribution >= 0.6 is 11.8 Å². The third kappa shape index (κ3) is 8.74. The quantitative estimate of drug-likeness (QED) is 0.0546. The SMILES string of the molecule is COc1ccc(NC(=O)C(Sc2cccc(NC(=O)/C(=C\c3ccccc3[N+](=O)[O-])NC(=O)c3ccccc3)c2)c2ccccc2)cc1. The highest BCUT2D eigenvalue weighted by Crippen LogP contribution is 2.37. The van der Waals surface area contributed by atoms with Crippen molar-refractivity contribution in [1.29, 1.82) is 0 Å². The molecule has 11 heteroatoms. The predicted octanol–water partition coefficient (Wildman–Crippen LogP) is 7.49. The zero-order chi connectivity index (χ0) is 33.9. The number of carbonyl (C=O) groups is 3. The molecule has 0 heterocycles. The molecule has 0 aliphatic rings. The Hall–Kier alpha value is -6.20. The lowest BCUT2D eigenvalue weighted by atomic mass is 10.1. The molecule has 10 nitrogen and oxygen atoms in total. The van der Waals surface area contributed by atoms with Gasteiger partial charge in [-0.25, -0.2) is 0 Å². The number of carbonyl (C=O) groups excluding carboxylic acids is 3. The third-order valence-electron chi connectivity index (χ3n) is 7.01. The molecule has 3 N–H and O–H groups in total. The molecular formula is C37H30N4O6S. The number of ether oxygens (including phenoxy) is 1. The number of nitrogens with one attached hydrogen (secondary N) is 3. The van der Waals surface area contributed by atoms with Crippen molar-refractivity contribution in [3.63, 3.8) is 0 Å². The van der Waals surface area contributed by atoms with E-state index in [4.69, 9.17) is 4.74 Å². The minimum Gasteiger partial charge on any atom is -0.497 e. The molecule has 0 bridgehead atoms. The van der Waals surface area contributed by atoms with Gasteiger partial charge in [0.15, 0.2) is 0 Å². The average molecular weight is 659 g/mol. The fourth-order valence-electron chi connectivity index (χ4n) is 4.64. The zero-order valence-electron chi connectivity index (χ0n) is 25.7. The van der Waals surface area contributed by atoms with Crippen LogP contribution in [0.15, 0.2) is 144 Å². The van der Waals surface area contributed by atoms with E-state index in [0.717, 1.165) is 5.56 Å². The first-order valence-electron chi connectivity index (χ1n) is 14.7. The van der Waals surface area contributed by atoms with Gasteiger partial charge >= 0.3 is 0 Å². The van der Waals surface area contributed by atoms with Crippen molar-refractivity contribution in [2.75, 3.05) is 17.7 Å². The molecule has 1 unspecified atom stereocenters.